The largest absolute Gasteiger partial charge is 0.367 e. The number of anilines is 1. The van der Waals surface area contributed by atoms with E-state index in [0.29, 0.717) is 18.4 Å². The van der Waals surface area contributed by atoms with Crippen molar-refractivity contribution in [3.63, 3.8) is 0 Å². The Balaban J connectivity index is 1.96. The van der Waals surface area contributed by atoms with Gasteiger partial charge in [-0.15, -0.1) is 0 Å². The molecule has 2 rings (SSSR count). The van der Waals surface area contributed by atoms with Gasteiger partial charge < -0.3 is 11.1 Å². The zero-order valence-electron chi connectivity index (χ0n) is 8.95. The van der Waals surface area contributed by atoms with E-state index in [0.717, 1.165) is 5.82 Å². The van der Waals surface area contributed by atoms with E-state index in [1.54, 1.807) is 6.20 Å². The minimum absolute atomic E-state index is 0.403. The fraction of sp³-hybridized carbons (Fsp3) is 0.636. The third-order valence-electron chi connectivity index (χ3n) is 2.85. The summed E-state index contributed by atoms with van der Waals surface area (Å²) in [5, 5.41) is 3.45. The lowest BCUT2D eigenvalue weighted by Gasteiger charge is -2.23. The minimum atomic E-state index is 0.403. The van der Waals surface area contributed by atoms with Crippen molar-refractivity contribution in [1.29, 1.82) is 0 Å². The van der Waals surface area contributed by atoms with E-state index < -0.39 is 0 Å². The molecule has 0 bridgehead atoms. The summed E-state index contributed by atoms with van der Waals surface area (Å²) in [5.74, 6) is 1.62. The maximum absolute atomic E-state index is 5.50. The second-order valence-corrected chi connectivity index (χ2v) is 4.04. The van der Waals surface area contributed by atoms with E-state index in [4.69, 9.17) is 5.73 Å². The van der Waals surface area contributed by atoms with Crippen molar-refractivity contribution in [3.05, 3.63) is 18.1 Å². The van der Waals surface area contributed by atoms with Crippen LogP contribution in [0.1, 0.15) is 37.9 Å². The fourth-order valence-corrected chi connectivity index (χ4v) is 2.03. The summed E-state index contributed by atoms with van der Waals surface area (Å²) in [6, 6.07) is 2.49. The van der Waals surface area contributed by atoms with Gasteiger partial charge >= 0.3 is 0 Å². The molecule has 3 N–H and O–H groups in total. The first-order valence-electron chi connectivity index (χ1n) is 5.67. The molecule has 1 aliphatic rings. The molecule has 0 unspecified atom stereocenters. The molecule has 1 aromatic heterocycles. The fourth-order valence-electron chi connectivity index (χ4n) is 2.03. The summed E-state index contributed by atoms with van der Waals surface area (Å²) in [4.78, 5) is 8.41. The van der Waals surface area contributed by atoms with Gasteiger partial charge in [-0.05, 0) is 18.9 Å². The maximum Gasteiger partial charge on any atom is 0.144 e. The molecule has 1 aromatic rings. The van der Waals surface area contributed by atoms with Crippen LogP contribution in [0, 0.1) is 0 Å². The minimum Gasteiger partial charge on any atom is -0.367 e. The molecular weight excluding hydrogens is 188 g/mol. The quantitative estimate of drug-likeness (QED) is 0.789. The maximum atomic E-state index is 5.50. The summed E-state index contributed by atoms with van der Waals surface area (Å²) in [6.45, 7) is 0.403. The second kappa shape index (κ2) is 5.07. The molecule has 1 saturated carbocycles. The number of rotatable bonds is 3. The number of nitrogens with zero attached hydrogens (tertiary/aromatic N) is 2. The molecule has 0 aliphatic heterocycles. The zero-order chi connectivity index (χ0) is 10.5. The van der Waals surface area contributed by atoms with E-state index in [-0.39, 0.29) is 0 Å². The smallest absolute Gasteiger partial charge is 0.144 e. The van der Waals surface area contributed by atoms with Gasteiger partial charge in [-0.1, -0.05) is 19.3 Å². The van der Waals surface area contributed by atoms with Crippen molar-refractivity contribution in [2.45, 2.75) is 44.7 Å². The van der Waals surface area contributed by atoms with Crippen LogP contribution >= 0.6 is 0 Å². The predicted molar refractivity (Wildman–Crippen MR) is 60.4 cm³/mol. The SMILES string of the molecule is NCc1nccc(NC2CCCCC2)n1. The van der Waals surface area contributed by atoms with Crippen LogP contribution in [-0.4, -0.2) is 16.0 Å². The molecule has 1 aliphatic carbocycles. The highest BCUT2D eigenvalue weighted by Gasteiger charge is 2.13. The highest BCUT2D eigenvalue weighted by molar-refractivity contribution is 5.34. The van der Waals surface area contributed by atoms with Crippen LogP contribution in [0.25, 0.3) is 0 Å². The molecule has 4 heteroatoms. The van der Waals surface area contributed by atoms with E-state index in [2.05, 4.69) is 15.3 Å². The van der Waals surface area contributed by atoms with E-state index >= 15 is 0 Å². The molecule has 82 valence electrons. The zero-order valence-corrected chi connectivity index (χ0v) is 8.95. The first kappa shape index (κ1) is 10.4. The van der Waals surface area contributed by atoms with Gasteiger partial charge in [0, 0.05) is 12.2 Å². The van der Waals surface area contributed by atoms with Crippen molar-refractivity contribution in [2.75, 3.05) is 5.32 Å². The third kappa shape index (κ3) is 2.89. The molecule has 0 saturated heterocycles. The Hall–Kier alpha value is -1.16. The number of aromatic nitrogens is 2. The van der Waals surface area contributed by atoms with Crippen molar-refractivity contribution in [2.24, 2.45) is 5.73 Å². The first-order chi connectivity index (χ1) is 7.38. The monoisotopic (exact) mass is 206 g/mol. The van der Waals surface area contributed by atoms with E-state index in [1.807, 2.05) is 6.07 Å². The molecule has 1 heterocycles. The van der Waals surface area contributed by atoms with Gasteiger partial charge in [0.1, 0.15) is 11.6 Å². The molecule has 0 aromatic carbocycles. The number of hydrogen-bond acceptors (Lipinski definition) is 4. The Morgan fingerprint density at radius 1 is 1.33 bits per heavy atom. The normalized spacial score (nSPS) is 17.7. The van der Waals surface area contributed by atoms with Crippen LogP contribution in [0.2, 0.25) is 0 Å². The summed E-state index contributed by atoms with van der Waals surface area (Å²) < 4.78 is 0. The van der Waals surface area contributed by atoms with Gasteiger partial charge in [0.25, 0.3) is 0 Å². The molecule has 0 spiro atoms. The van der Waals surface area contributed by atoms with Crippen molar-refractivity contribution >= 4 is 5.82 Å². The van der Waals surface area contributed by atoms with Crippen LogP contribution in [0.4, 0.5) is 5.82 Å². The lowest BCUT2D eigenvalue weighted by Crippen LogP contribution is -2.23. The van der Waals surface area contributed by atoms with Gasteiger partial charge in [0.05, 0.1) is 6.54 Å². The summed E-state index contributed by atoms with van der Waals surface area (Å²) in [6.07, 6.45) is 8.29. The summed E-state index contributed by atoms with van der Waals surface area (Å²) in [7, 11) is 0. The van der Waals surface area contributed by atoms with Gasteiger partial charge in [-0.2, -0.15) is 0 Å². The van der Waals surface area contributed by atoms with Gasteiger partial charge in [0.2, 0.25) is 0 Å². The van der Waals surface area contributed by atoms with Crippen LogP contribution in [0.3, 0.4) is 0 Å². The van der Waals surface area contributed by atoms with Gasteiger partial charge in [-0.25, -0.2) is 9.97 Å². The van der Waals surface area contributed by atoms with Crippen molar-refractivity contribution in [1.82, 2.24) is 9.97 Å². The summed E-state index contributed by atoms with van der Waals surface area (Å²) in [5.41, 5.74) is 5.50. The lowest BCUT2D eigenvalue weighted by molar-refractivity contribution is 0.461. The first-order valence-corrected chi connectivity index (χ1v) is 5.67. The molecule has 0 radical (unpaired) electrons. The van der Waals surface area contributed by atoms with Crippen LogP contribution in [0.5, 0.6) is 0 Å². The number of nitrogens with two attached hydrogens (primary N) is 1. The third-order valence-corrected chi connectivity index (χ3v) is 2.85. The molecular formula is C11H18N4. The number of nitrogens with one attached hydrogen (secondary N) is 1. The Morgan fingerprint density at radius 2 is 2.13 bits per heavy atom. The standard InChI is InChI=1S/C11H18N4/c12-8-11-13-7-6-10(15-11)14-9-4-2-1-3-5-9/h6-7,9H,1-5,8,12H2,(H,13,14,15). The topological polar surface area (TPSA) is 63.8 Å². The predicted octanol–water partition coefficient (Wildman–Crippen LogP) is 1.68. The molecule has 4 nitrogen and oxygen atoms in total. The van der Waals surface area contributed by atoms with Crippen molar-refractivity contribution in [3.8, 4) is 0 Å². The number of hydrogen-bond donors (Lipinski definition) is 2. The van der Waals surface area contributed by atoms with E-state index in [9.17, 15) is 0 Å². The Morgan fingerprint density at radius 3 is 2.87 bits per heavy atom. The average Bonchev–Trinajstić information content (AvgIpc) is 2.31. The van der Waals surface area contributed by atoms with E-state index in [1.165, 1.54) is 32.1 Å². The Bertz CT molecular complexity index is 307. The molecule has 1 fully saturated rings. The second-order valence-electron chi connectivity index (χ2n) is 4.04. The summed E-state index contributed by atoms with van der Waals surface area (Å²) >= 11 is 0. The van der Waals surface area contributed by atoms with Crippen LogP contribution < -0.4 is 11.1 Å². The van der Waals surface area contributed by atoms with Crippen LogP contribution in [0.15, 0.2) is 12.3 Å². The highest BCUT2D eigenvalue weighted by atomic mass is 15.0. The van der Waals surface area contributed by atoms with Gasteiger partial charge in [0.15, 0.2) is 0 Å². The lowest BCUT2D eigenvalue weighted by atomic mass is 9.95. The Kier molecular flexibility index (Phi) is 3.50. The molecule has 15 heavy (non-hydrogen) atoms. The van der Waals surface area contributed by atoms with Crippen LogP contribution in [-0.2, 0) is 6.54 Å². The molecule has 0 amide bonds. The van der Waals surface area contributed by atoms with Crippen molar-refractivity contribution < 1.29 is 0 Å². The molecule has 0 atom stereocenters. The highest BCUT2D eigenvalue weighted by Crippen LogP contribution is 2.20. The van der Waals surface area contributed by atoms with Gasteiger partial charge in [-0.3, -0.25) is 0 Å². The average molecular weight is 206 g/mol. The Labute approximate surface area is 90.3 Å².